The Kier molecular flexibility index (Phi) is 2.58. The molecule has 7 nitrogen and oxygen atoms in total. The molecule has 0 spiro atoms. The summed E-state index contributed by atoms with van der Waals surface area (Å²) in [6, 6.07) is 4.56. The minimum atomic E-state index is 0.618. The lowest BCUT2D eigenvalue weighted by molar-refractivity contribution is 0.186. The van der Waals surface area contributed by atoms with Crippen LogP contribution in [0.3, 0.4) is 0 Å². The number of anilines is 1. The van der Waals surface area contributed by atoms with Crippen molar-refractivity contribution < 1.29 is 4.74 Å². The van der Waals surface area contributed by atoms with Crippen molar-refractivity contribution in [1.29, 1.82) is 0 Å². The van der Waals surface area contributed by atoms with E-state index in [-0.39, 0.29) is 0 Å². The molecule has 2 aromatic heterocycles. The second-order valence-electron chi connectivity index (χ2n) is 5.33. The van der Waals surface area contributed by atoms with Crippen LogP contribution in [0.25, 0.3) is 5.65 Å². The largest absolute Gasteiger partial charge is 0.381 e. The van der Waals surface area contributed by atoms with Crippen molar-refractivity contribution in [2.75, 3.05) is 24.7 Å². The van der Waals surface area contributed by atoms with Crippen LogP contribution in [0.15, 0.2) is 12.1 Å². The third kappa shape index (κ3) is 2.14. The highest BCUT2D eigenvalue weighted by Crippen LogP contribution is 2.32. The fourth-order valence-electron chi connectivity index (χ4n) is 2.61. The first-order valence-corrected chi connectivity index (χ1v) is 6.80. The van der Waals surface area contributed by atoms with E-state index in [0.717, 1.165) is 32.0 Å². The molecule has 1 aliphatic carbocycles. The molecule has 0 amide bonds. The van der Waals surface area contributed by atoms with E-state index in [2.05, 4.69) is 25.5 Å². The zero-order chi connectivity index (χ0) is 12.7. The zero-order valence-electron chi connectivity index (χ0n) is 10.6. The number of aromatic nitrogens is 5. The van der Waals surface area contributed by atoms with E-state index in [1.807, 2.05) is 12.1 Å². The van der Waals surface area contributed by atoms with Crippen LogP contribution in [0.2, 0.25) is 0 Å². The SMILES string of the molecule is c1cc2nnnn2nc1N(C[C@H]1CCOC1)C1CC1. The number of rotatable bonds is 4. The van der Waals surface area contributed by atoms with Gasteiger partial charge in [-0.05, 0) is 41.8 Å². The highest BCUT2D eigenvalue weighted by atomic mass is 16.5. The van der Waals surface area contributed by atoms with Gasteiger partial charge < -0.3 is 9.64 Å². The van der Waals surface area contributed by atoms with Crippen molar-refractivity contribution in [1.82, 2.24) is 25.3 Å². The van der Waals surface area contributed by atoms with Gasteiger partial charge in [0.2, 0.25) is 0 Å². The third-order valence-corrected chi connectivity index (χ3v) is 3.82. The maximum Gasteiger partial charge on any atom is 0.200 e. The highest BCUT2D eigenvalue weighted by molar-refractivity contribution is 5.46. The van der Waals surface area contributed by atoms with Gasteiger partial charge >= 0.3 is 0 Å². The molecule has 2 aromatic rings. The minimum Gasteiger partial charge on any atom is -0.381 e. The van der Waals surface area contributed by atoms with Crippen molar-refractivity contribution >= 4 is 11.5 Å². The van der Waals surface area contributed by atoms with Crippen LogP contribution in [0.5, 0.6) is 0 Å². The van der Waals surface area contributed by atoms with Gasteiger partial charge in [0, 0.05) is 25.1 Å². The van der Waals surface area contributed by atoms with Gasteiger partial charge in [-0.3, -0.25) is 0 Å². The predicted molar refractivity (Wildman–Crippen MR) is 67.9 cm³/mol. The molecule has 1 aliphatic heterocycles. The minimum absolute atomic E-state index is 0.618. The van der Waals surface area contributed by atoms with E-state index in [0.29, 0.717) is 17.6 Å². The number of ether oxygens (including phenoxy) is 1. The van der Waals surface area contributed by atoms with Gasteiger partial charge in [0.05, 0.1) is 6.61 Å². The lowest BCUT2D eigenvalue weighted by Crippen LogP contribution is -2.33. The molecule has 1 saturated heterocycles. The van der Waals surface area contributed by atoms with Gasteiger partial charge in [0.25, 0.3) is 0 Å². The highest BCUT2D eigenvalue weighted by Gasteiger charge is 2.32. The van der Waals surface area contributed by atoms with Crippen LogP contribution >= 0.6 is 0 Å². The molecule has 0 aromatic carbocycles. The molecule has 19 heavy (non-hydrogen) atoms. The van der Waals surface area contributed by atoms with Crippen LogP contribution in [0.1, 0.15) is 19.3 Å². The number of tetrazole rings is 1. The number of nitrogens with zero attached hydrogens (tertiary/aromatic N) is 6. The van der Waals surface area contributed by atoms with E-state index in [4.69, 9.17) is 4.74 Å². The first kappa shape index (κ1) is 11.1. The van der Waals surface area contributed by atoms with Crippen molar-refractivity contribution in [3.63, 3.8) is 0 Å². The lowest BCUT2D eigenvalue weighted by Gasteiger charge is -2.25. The number of fused-ring (bicyclic) bond motifs is 1. The molecule has 1 atom stereocenters. The Labute approximate surface area is 110 Å². The van der Waals surface area contributed by atoms with Crippen LogP contribution in [0, 0.1) is 5.92 Å². The van der Waals surface area contributed by atoms with E-state index in [1.165, 1.54) is 17.5 Å². The van der Waals surface area contributed by atoms with Crippen molar-refractivity contribution in [2.24, 2.45) is 5.92 Å². The Balaban J connectivity index is 1.61. The molecule has 0 bridgehead atoms. The molecule has 4 rings (SSSR count). The normalized spacial score (nSPS) is 23.1. The van der Waals surface area contributed by atoms with Gasteiger partial charge in [0.1, 0.15) is 0 Å². The average Bonchev–Trinajstić information content (AvgIpc) is 2.96. The van der Waals surface area contributed by atoms with Gasteiger partial charge in [-0.2, -0.15) is 0 Å². The predicted octanol–water partition coefficient (Wildman–Crippen LogP) is 0.525. The van der Waals surface area contributed by atoms with Crippen LogP contribution < -0.4 is 4.90 Å². The summed E-state index contributed by atoms with van der Waals surface area (Å²) in [5, 5.41) is 15.9. The average molecular weight is 260 g/mol. The van der Waals surface area contributed by atoms with Gasteiger partial charge in [-0.15, -0.1) is 14.8 Å². The second-order valence-corrected chi connectivity index (χ2v) is 5.33. The van der Waals surface area contributed by atoms with E-state index >= 15 is 0 Å². The third-order valence-electron chi connectivity index (χ3n) is 3.82. The monoisotopic (exact) mass is 260 g/mol. The molecule has 100 valence electrons. The van der Waals surface area contributed by atoms with E-state index in [1.54, 1.807) is 0 Å². The van der Waals surface area contributed by atoms with Crippen LogP contribution in [0.4, 0.5) is 5.82 Å². The van der Waals surface area contributed by atoms with Crippen molar-refractivity contribution in [3.05, 3.63) is 12.1 Å². The zero-order valence-corrected chi connectivity index (χ0v) is 10.6. The Morgan fingerprint density at radius 1 is 1.32 bits per heavy atom. The molecule has 0 N–H and O–H groups in total. The first-order chi connectivity index (χ1) is 9.40. The Bertz CT molecular complexity index is 574. The van der Waals surface area contributed by atoms with Gasteiger partial charge in [-0.1, -0.05) is 0 Å². The maximum absolute atomic E-state index is 5.47. The summed E-state index contributed by atoms with van der Waals surface area (Å²) < 4.78 is 6.96. The maximum atomic E-state index is 5.47. The molecule has 2 fully saturated rings. The Morgan fingerprint density at radius 3 is 3.05 bits per heavy atom. The van der Waals surface area contributed by atoms with Crippen molar-refractivity contribution in [3.8, 4) is 0 Å². The van der Waals surface area contributed by atoms with Crippen molar-refractivity contribution in [2.45, 2.75) is 25.3 Å². The van der Waals surface area contributed by atoms with E-state index in [9.17, 15) is 0 Å². The standard InChI is InChI=1S/C12H16N6O/c1-2-10(1)17(7-9-5-6-19-8-9)12-4-3-11-13-15-16-18(11)14-12/h3-4,9-10H,1-2,5-8H2/t9-/m1/s1. The fourth-order valence-corrected chi connectivity index (χ4v) is 2.61. The molecule has 0 radical (unpaired) electrons. The molecule has 0 unspecified atom stereocenters. The quantitative estimate of drug-likeness (QED) is 0.798. The summed E-state index contributed by atoms with van der Waals surface area (Å²) in [7, 11) is 0. The van der Waals surface area contributed by atoms with Gasteiger partial charge in [0.15, 0.2) is 11.5 Å². The molecule has 2 aliphatic rings. The summed E-state index contributed by atoms with van der Waals surface area (Å²) in [5.41, 5.74) is 0.684. The summed E-state index contributed by atoms with van der Waals surface area (Å²) in [6.07, 6.45) is 3.65. The summed E-state index contributed by atoms with van der Waals surface area (Å²) >= 11 is 0. The van der Waals surface area contributed by atoms with Gasteiger partial charge in [-0.25, -0.2) is 0 Å². The lowest BCUT2D eigenvalue weighted by atomic mass is 10.1. The molecular weight excluding hydrogens is 244 g/mol. The fraction of sp³-hybridized carbons (Fsp3) is 0.667. The molecule has 3 heterocycles. The van der Waals surface area contributed by atoms with Crippen LogP contribution in [-0.2, 0) is 4.74 Å². The molecular formula is C12H16N6O. The Morgan fingerprint density at radius 2 is 2.26 bits per heavy atom. The second kappa shape index (κ2) is 4.41. The topological polar surface area (TPSA) is 68.4 Å². The first-order valence-electron chi connectivity index (χ1n) is 6.80. The summed E-state index contributed by atoms with van der Waals surface area (Å²) in [6.45, 7) is 2.78. The van der Waals surface area contributed by atoms with E-state index < -0.39 is 0 Å². The summed E-state index contributed by atoms with van der Waals surface area (Å²) in [4.78, 5) is 2.39. The molecule has 1 saturated carbocycles. The Hall–Kier alpha value is -1.76. The number of hydrogen-bond donors (Lipinski definition) is 0. The smallest absolute Gasteiger partial charge is 0.200 e. The number of hydrogen-bond acceptors (Lipinski definition) is 6. The van der Waals surface area contributed by atoms with Crippen LogP contribution in [-0.4, -0.2) is 51.1 Å². The molecule has 7 heteroatoms. The summed E-state index contributed by atoms with van der Waals surface area (Å²) in [5.74, 6) is 1.58.